The highest BCUT2D eigenvalue weighted by Crippen LogP contribution is 2.09. The Morgan fingerprint density at radius 2 is 1.91 bits per heavy atom. The molecule has 22 heavy (non-hydrogen) atoms. The zero-order valence-corrected chi connectivity index (χ0v) is 12.1. The first-order chi connectivity index (χ1) is 10.6. The largest absolute Gasteiger partial charge is 0.618 e. The Kier molecular flexibility index (Phi) is 5.08. The van der Waals surface area contributed by atoms with Crippen LogP contribution in [-0.2, 0) is 16.0 Å². The van der Waals surface area contributed by atoms with E-state index in [1.807, 2.05) is 19.1 Å². The number of carbonyl (C=O) groups excluding carboxylic acids is 2. The van der Waals surface area contributed by atoms with Crippen LogP contribution in [-0.4, -0.2) is 18.5 Å². The minimum Gasteiger partial charge on any atom is -0.618 e. The van der Waals surface area contributed by atoms with E-state index < -0.39 is 18.5 Å². The minimum atomic E-state index is -0.841. The molecular weight excluding hydrogens is 284 g/mol. The molecule has 1 amide bonds. The van der Waals surface area contributed by atoms with Gasteiger partial charge in [0.15, 0.2) is 12.8 Å². The van der Waals surface area contributed by atoms with Crippen LogP contribution in [0, 0.1) is 5.21 Å². The van der Waals surface area contributed by atoms with Gasteiger partial charge in [-0.05, 0) is 30.2 Å². The van der Waals surface area contributed by atoms with Gasteiger partial charge >= 0.3 is 11.7 Å². The fourth-order valence-electron chi connectivity index (χ4n) is 1.81. The van der Waals surface area contributed by atoms with Crippen LogP contribution >= 0.6 is 0 Å². The third-order valence-corrected chi connectivity index (χ3v) is 3.01. The number of esters is 1. The van der Waals surface area contributed by atoms with Crippen LogP contribution in [0.1, 0.15) is 23.0 Å². The van der Waals surface area contributed by atoms with Gasteiger partial charge in [0, 0.05) is 17.8 Å². The molecule has 0 atom stereocenters. The smallest absolute Gasteiger partial charge is 0.405 e. The summed E-state index contributed by atoms with van der Waals surface area (Å²) in [5.41, 5.74) is 1.62. The van der Waals surface area contributed by atoms with E-state index in [1.54, 1.807) is 18.2 Å². The third-order valence-electron chi connectivity index (χ3n) is 3.01. The molecule has 1 aromatic carbocycles. The van der Waals surface area contributed by atoms with Crippen molar-refractivity contribution >= 4 is 17.6 Å². The summed E-state index contributed by atoms with van der Waals surface area (Å²) in [6.07, 6.45) is 2.10. The first-order valence-corrected chi connectivity index (χ1v) is 6.84. The van der Waals surface area contributed by atoms with Gasteiger partial charge in [0.1, 0.15) is 0 Å². The number of carbonyl (C=O) groups is 2. The first kappa shape index (κ1) is 15.5. The second kappa shape index (κ2) is 7.21. The van der Waals surface area contributed by atoms with E-state index in [4.69, 9.17) is 4.74 Å². The molecule has 2 aromatic rings. The monoisotopic (exact) mass is 300 g/mol. The van der Waals surface area contributed by atoms with Crippen molar-refractivity contribution in [1.29, 1.82) is 0 Å². The van der Waals surface area contributed by atoms with Gasteiger partial charge in [0.25, 0.3) is 5.91 Å². The van der Waals surface area contributed by atoms with E-state index in [-0.39, 0.29) is 5.69 Å². The molecule has 0 bridgehead atoms. The van der Waals surface area contributed by atoms with E-state index in [1.165, 1.54) is 18.3 Å². The van der Waals surface area contributed by atoms with Crippen LogP contribution in [0.5, 0.6) is 0 Å². The summed E-state index contributed by atoms with van der Waals surface area (Å²) in [4.78, 5) is 23.4. The molecule has 0 radical (unpaired) electrons. The molecule has 0 aliphatic heterocycles. The zero-order valence-electron chi connectivity index (χ0n) is 12.1. The molecule has 0 unspecified atom stereocenters. The lowest BCUT2D eigenvalue weighted by Crippen LogP contribution is -2.35. The number of benzene rings is 1. The normalized spacial score (nSPS) is 10.0. The number of nitrogens with one attached hydrogen (secondary N) is 1. The lowest BCUT2D eigenvalue weighted by atomic mass is 10.1. The lowest BCUT2D eigenvalue weighted by molar-refractivity contribution is -0.608. The molecule has 0 saturated heterocycles. The van der Waals surface area contributed by atoms with Crippen molar-refractivity contribution in [2.45, 2.75) is 13.3 Å². The summed E-state index contributed by atoms with van der Waals surface area (Å²) in [5.74, 6) is -1.31. The number of hydrogen-bond donors (Lipinski definition) is 1. The lowest BCUT2D eigenvalue weighted by Gasteiger charge is -2.07. The molecule has 2 rings (SSSR count). The molecule has 0 aliphatic rings. The molecular formula is C16H16N2O4. The number of amides is 1. The summed E-state index contributed by atoms with van der Waals surface area (Å²) in [5, 5.41) is 14.0. The Balaban J connectivity index is 1.87. The standard InChI is InChI=1S/C16H16N2O4/c1-2-12-6-8-13(9-7-12)17-15(19)11-22-16(20)14-5-3-4-10-18(14)21/h3-10H,2,11H2,1H3,(H,17,19). The zero-order chi connectivity index (χ0) is 15.9. The molecule has 1 N–H and O–H groups in total. The second-order valence-corrected chi connectivity index (χ2v) is 4.59. The number of anilines is 1. The number of aromatic nitrogens is 1. The van der Waals surface area contributed by atoms with Crippen LogP contribution in [0.25, 0.3) is 0 Å². The molecule has 0 fully saturated rings. The maximum Gasteiger partial charge on any atom is 0.405 e. The van der Waals surface area contributed by atoms with Crippen molar-refractivity contribution in [1.82, 2.24) is 0 Å². The van der Waals surface area contributed by atoms with Crippen LogP contribution in [0.3, 0.4) is 0 Å². The quantitative estimate of drug-likeness (QED) is 0.517. The van der Waals surface area contributed by atoms with Gasteiger partial charge in [-0.1, -0.05) is 19.1 Å². The Hall–Kier alpha value is -2.89. The topological polar surface area (TPSA) is 82.3 Å². The summed E-state index contributed by atoms with van der Waals surface area (Å²) in [6, 6.07) is 11.7. The van der Waals surface area contributed by atoms with Crippen molar-refractivity contribution in [3.8, 4) is 0 Å². The fourth-order valence-corrected chi connectivity index (χ4v) is 1.81. The van der Waals surface area contributed by atoms with E-state index in [9.17, 15) is 14.8 Å². The maximum atomic E-state index is 11.7. The van der Waals surface area contributed by atoms with Gasteiger partial charge in [0.2, 0.25) is 0 Å². The van der Waals surface area contributed by atoms with Gasteiger partial charge in [-0.25, -0.2) is 4.79 Å². The maximum absolute atomic E-state index is 11.7. The van der Waals surface area contributed by atoms with Gasteiger partial charge in [-0.15, -0.1) is 0 Å². The molecule has 0 spiro atoms. The highest BCUT2D eigenvalue weighted by Gasteiger charge is 2.18. The van der Waals surface area contributed by atoms with Crippen molar-refractivity contribution in [3.63, 3.8) is 0 Å². The van der Waals surface area contributed by atoms with Gasteiger partial charge < -0.3 is 15.3 Å². The number of aryl methyl sites for hydroxylation is 1. The van der Waals surface area contributed by atoms with Crippen molar-refractivity contribution in [2.75, 3.05) is 11.9 Å². The molecule has 0 aliphatic carbocycles. The number of ether oxygens (including phenoxy) is 1. The average Bonchev–Trinajstić information content (AvgIpc) is 2.54. The highest BCUT2D eigenvalue weighted by atomic mass is 16.5. The van der Waals surface area contributed by atoms with E-state index in [2.05, 4.69) is 5.32 Å². The van der Waals surface area contributed by atoms with Crippen LogP contribution < -0.4 is 10.0 Å². The minimum absolute atomic E-state index is 0.164. The van der Waals surface area contributed by atoms with Gasteiger partial charge in [-0.2, -0.15) is 4.73 Å². The summed E-state index contributed by atoms with van der Waals surface area (Å²) in [6.45, 7) is 1.59. The van der Waals surface area contributed by atoms with Gasteiger partial charge in [-0.3, -0.25) is 4.79 Å². The van der Waals surface area contributed by atoms with Crippen LogP contribution in [0.2, 0.25) is 0 Å². The number of hydrogen-bond acceptors (Lipinski definition) is 4. The molecule has 114 valence electrons. The third kappa shape index (κ3) is 4.05. The Labute approximate surface area is 127 Å². The summed E-state index contributed by atoms with van der Waals surface area (Å²) >= 11 is 0. The SMILES string of the molecule is CCc1ccc(NC(=O)COC(=O)c2cccc[n+]2[O-])cc1. The summed E-state index contributed by atoms with van der Waals surface area (Å²) in [7, 11) is 0. The van der Waals surface area contributed by atoms with Crippen LogP contribution in [0.4, 0.5) is 5.69 Å². The van der Waals surface area contributed by atoms with Crippen molar-refractivity contribution in [3.05, 3.63) is 65.1 Å². The average molecular weight is 300 g/mol. The van der Waals surface area contributed by atoms with E-state index in [0.29, 0.717) is 10.4 Å². The van der Waals surface area contributed by atoms with Gasteiger partial charge in [0.05, 0.1) is 0 Å². The molecule has 1 aromatic heterocycles. The Morgan fingerprint density at radius 1 is 1.18 bits per heavy atom. The molecule has 1 heterocycles. The predicted molar refractivity (Wildman–Crippen MR) is 80.1 cm³/mol. The number of nitrogens with zero attached hydrogens (tertiary/aromatic N) is 1. The molecule has 6 nitrogen and oxygen atoms in total. The van der Waals surface area contributed by atoms with Crippen molar-refractivity contribution < 1.29 is 19.1 Å². The Bertz CT molecular complexity index is 668. The second-order valence-electron chi connectivity index (χ2n) is 4.59. The van der Waals surface area contributed by atoms with Crippen LogP contribution in [0.15, 0.2) is 48.7 Å². The van der Waals surface area contributed by atoms with E-state index in [0.717, 1.165) is 12.0 Å². The Morgan fingerprint density at radius 3 is 2.55 bits per heavy atom. The first-order valence-electron chi connectivity index (χ1n) is 6.84. The molecule has 0 saturated carbocycles. The fraction of sp³-hybridized carbons (Fsp3) is 0.188. The number of pyridine rings is 1. The van der Waals surface area contributed by atoms with Crippen molar-refractivity contribution in [2.24, 2.45) is 0 Å². The summed E-state index contributed by atoms with van der Waals surface area (Å²) < 4.78 is 5.21. The highest BCUT2D eigenvalue weighted by molar-refractivity contribution is 5.94. The van der Waals surface area contributed by atoms with E-state index >= 15 is 0 Å². The number of rotatable bonds is 5. The molecule has 6 heteroatoms. The predicted octanol–water partition coefficient (Wildman–Crippen LogP) is 1.68.